The Hall–Kier alpha value is -0.380. The minimum absolute atomic E-state index is 0.274. The maximum Gasteiger partial charge on any atom is 0.0552 e. The number of hydrogen-bond donors (Lipinski definition) is 1. The summed E-state index contributed by atoms with van der Waals surface area (Å²) in [7, 11) is 1.78. The van der Waals surface area contributed by atoms with Crippen molar-refractivity contribution >= 4 is 15.9 Å². The highest BCUT2D eigenvalue weighted by atomic mass is 79.9. The Morgan fingerprint density at radius 3 is 2.44 bits per heavy atom. The molecule has 88 valence electrons. The molecular weight excluding hydrogens is 266 g/mol. The Morgan fingerprint density at radius 2 is 2.00 bits per heavy atom. The highest BCUT2D eigenvalue weighted by molar-refractivity contribution is 9.10. The van der Waals surface area contributed by atoms with Gasteiger partial charge in [0.1, 0.15) is 0 Å². The van der Waals surface area contributed by atoms with Crippen molar-refractivity contribution < 1.29 is 4.74 Å². The molecule has 16 heavy (non-hydrogen) atoms. The van der Waals surface area contributed by atoms with Crippen molar-refractivity contribution in [1.82, 2.24) is 5.32 Å². The van der Waals surface area contributed by atoms with Gasteiger partial charge in [-0.05, 0) is 31.0 Å². The van der Waals surface area contributed by atoms with Crippen LogP contribution >= 0.6 is 15.9 Å². The Balaban J connectivity index is 2.17. The van der Waals surface area contributed by atoms with Crippen molar-refractivity contribution in [2.45, 2.75) is 24.9 Å². The minimum Gasteiger partial charge on any atom is -0.382 e. The van der Waals surface area contributed by atoms with Crippen LogP contribution in [-0.2, 0) is 10.2 Å². The maximum atomic E-state index is 5.39. The molecule has 0 aromatic heterocycles. The van der Waals surface area contributed by atoms with Gasteiger partial charge in [0, 0.05) is 30.1 Å². The number of ether oxygens (including phenoxy) is 1. The summed E-state index contributed by atoms with van der Waals surface area (Å²) < 4.78 is 6.53. The number of rotatable bonds is 4. The summed E-state index contributed by atoms with van der Waals surface area (Å²) in [5.41, 5.74) is 1.69. The van der Waals surface area contributed by atoms with E-state index in [1.165, 1.54) is 5.56 Å². The molecule has 1 N–H and O–H groups in total. The molecule has 1 aliphatic rings. The van der Waals surface area contributed by atoms with Crippen LogP contribution in [0.4, 0.5) is 0 Å². The monoisotopic (exact) mass is 283 g/mol. The standard InChI is InChI=1S/C13H18BrNO/c1-10(16-2)7-13(8-15-9-13)11-3-5-12(14)6-4-11/h3-6,10,15H,7-9H2,1-2H3. The fourth-order valence-electron chi connectivity index (χ4n) is 2.33. The molecule has 0 aliphatic carbocycles. The van der Waals surface area contributed by atoms with E-state index < -0.39 is 0 Å². The molecule has 0 saturated carbocycles. The van der Waals surface area contributed by atoms with Crippen LogP contribution in [0.3, 0.4) is 0 Å². The normalized spacial score (nSPS) is 20.2. The molecule has 0 amide bonds. The van der Waals surface area contributed by atoms with Crippen LogP contribution in [0.15, 0.2) is 28.7 Å². The first-order valence-electron chi connectivity index (χ1n) is 5.66. The quantitative estimate of drug-likeness (QED) is 0.918. The maximum absolute atomic E-state index is 5.39. The molecule has 1 atom stereocenters. The van der Waals surface area contributed by atoms with Gasteiger partial charge in [0.15, 0.2) is 0 Å². The third kappa shape index (κ3) is 2.31. The lowest BCUT2D eigenvalue weighted by Crippen LogP contribution is -2.58. The SMILES string of the molecule is COC(C)CC1(c2ccc(Br)cc2)CNC1. The summed E-state index contributed by atoms with van der Waals surface area (Å²) in [4.78, 5) is 0. The number of halogens is 1. The Kier molecular flexibility index (Phi) is 3.67. The van der Waals surface area contributed by atoms with Gasteiger partial charge in [-0.15, -0.1) is 0 Å². The highest BCUT2D eigenvalue weighted by Crippen LogP contribution is 2.34. The molecule has 1 aromatic rings. The predicted octanol–water partition coefficient (Wildman–Crippen LogP) is 2.72. The molecule has 1 fully saturated rings. The van der Waals surface area contributed by atoms with Crippen molar-refractivity contribution in [2.24, 2.45) is 0 Å². The zero-order chi connectivity index (χ0) is 11.6. The third-order valence-electron chi connectivity index (χ3n) is 3.46. The lowest BCUT2D eigenvalue weighted by Gasteiger charge is -2.44. The molecule has 0 spiro atoms. The zero-order valence-corrected chi connectivity index (χ0v) is 11.4. The molecule has 1 heterocycles. The van der Waals surface area contributed by atoms with Gasteiger partial charge in [0.25, 0.3) is 0 Å². The first kappa shape index (κ1) is 12.1. The molecule has 1 saturated heterocycles. The summed E-state index contributed by atoms with van der Waals surface area (Å²) in [5, 5.41) is 3.38. The van der Waals surface area contributed by atoms with E-state index in [9.17, 15) is 0 Å². The van der Waals surface area contributed by atoms with Crippen LogP contribution in [-0.4, -0.2) is 26.3 Å². The van der Waals surface area contributed by atoms with Crippen LogP contribution in [0.1, 0.15) is 18.9 Å². The molecule has 2 nitrogen and oxygen atoms in total. The summed E-state index contributed by atoms with van der Waals surface area (Å²) in [6.07, 6.45) is 1.39. The van der Waals surface area contributed by atoms with Gasteiger partial charge in [-0.25, -0.2) is 0 Å². The average molecular weight is 284 g/mol. The van der Waals surface area contributed by atoms with Crippen molar-refractivity contribution in [3.8, 4) is 0 Å². The van der Waals surface area contributed by atoms with Crippen molar-refractivity contribution in [3.63, 3.8) is 0 Å². The molecular formula is C13H18BrNO. The Morgan fingerprint density at radius 1 is 1.38 bits per heavy atom. The van der Waals surface area contributed by atoms with Crippen LogP contribution < -0.4 is 5.32 Å². The third-order valence-corrected chi connectivity index (χ3v) is 3.99. The van der Waals surface area contributed by atoms with E-state index in [1.54, 1.807) is 7.11 Å². The summed E-state index contributed by atoms with van der Waals surface area (Å²) in [6, 6.07) is 8.67. The zero-order valence-electron chi connectivity index (χ0n) is 9.79. The smallest absolute Gasteiger partial charge is 0.0552 e. The second kappa shape index (κ2) is 4.86. The van der Waals surface area contributed by atoms with Gasteiger partial charge >= 0.3 is 0 Å². The summed E-state index contributed by atoms with van der Waals surface area (Å²) >= 11 is 3.48. The van der Waals surface area contributed by atoms with E-state index in [0.717, 1.165) is 24.0 Å². The topological polar surface area (TPSA) is 21.3 Å². The molecule has 0 radical (unpaired) electrons. The van der Waals surface area contributed by atoms with Gasteiger partial charge in [-0.1, -0.05) is 28.1 Å². The van der Waals surface area contributed by atoms with E-state index >= 15 is 0 Å². The lowest BCUT2D eigenvalue weighted by molar-refractivity contribution is 0.0717. The molecule has 3 heteroatoms. The lowest BCUT2D eigenvalue weighted by atomic mass is 9.71. The molecule has 1 aliphatic heterocycles. The van der Waals surface area contributed by atoms with Crippen LogP contribution in [0, 0.1) is 0 Å². The Bertz CT molecular complexity index is 345. The fraction of sp³-hybridized carbons (Fsp3) is 0.538. The second-order valence-electron chi connectivity index (χ2n) is 4.64. The average Bonchev–Trinajstić information content (AvgIpc) is 2.24. The number of nitrogens with one attached hydrogen (secondary N) is 1. The van der Waals surface area contributed by atoms with Gasteiger partial charge in [0.05, 0.1) is 6.10 Å². The van der Waals surface area contributed by atoms with Gasteiger partial charge < -0.3 is 10.1 Å². The van der Waals surface area contributed by atoms with E-state index in [0.29, 0.717) is 6.10 Å². The van der Waals surface area contributed by atoms with Crippen LogP contribution in [0.2, 0.25) is 0 Å². The van der Waals surface area contributed by atoms with E-state index in [1.807, 2.05) is 0 Å². The molecule has 0 bridgehead atoms. The fourth-order valence-corrected chi connectivity index (χ4v) is 2.59. The number of hydrogen-bond acceptors (Lipinski definition) is 2. The van der Waals surface area contributed by atoms with E-state index in [-0.39, 0.29) is 5.41 Å². The molecule has 1 unspecified atom stereocenters. The first-order chi connectivity index (χ1) is 7.66. The van der Waals surface area contributed by atoms with Crippen LogP contribution in [0.25, 0.3) is 0 Å². The minimum atomic E-state index is 0.274. The molecule has 1 aromatic carbocycles. The number of methoxy groups -OCH3 is 1. The highest BCUT2D eigenvalue weighted by Gasteiger charge is 2.39. The largest absolute Gasteiger partial charge is 0.382 e. The van der Waals surface area contributed by atoms with Crippen molar-refractivity contribution in [1.29, 1.82) is 0 Å². The van der Waals surface area contributed by atoms with Crippen molar-refractivity contribution in [2.75, 3.05) is 20.2 Å². The predicted molar refractivity (Wildman–Crippen MR) is 69.8 cm³/mol. The summed E-state index contributed by atoms with van der Waals surface area (Å²) in [6.45, 7) is 4.25. The van der Waals surface area contributed by atoms with Crippen molar-refractivity contribution in [3.05, 3.63) is 34.3 Å². The van der Waals surface area contributed by atoms with Gasteiger partial charge in [-0.2, -0.15) is 0 Å². The van der Waals surface area contributed by atoms with Crippen LogP contribution in [0.5, 0.6) is 0 Å². The first-order valence-corrected chi connectivity index (χ1v) is 6.45. The van der Waals surface area contributed by atoms with Gasteiger partial charge in [0.2, 0.25) is 0 Å². The Labute approximate surface area is 106 Å². The van der Waals surface area contributed by atoms with E-state index in [2.05, 4.69) is 52.4 Å². The molecule has 2 rings (SSSR count). The summed E-state index contributed by atoms with van der Waals surface area (Å²) in [5.74, 6) is 0. The van der Waals surface area contributed by atoms with Gasteiger partial charge in [-0.3, -0.25) is 0 Å². The second-order valence-corrected chi connectivity index (χ2v) is 5.56. The number of benzene rings is 1. The van der Waals surface area contributed by atoms with E-state index in [4.69, 9.17) is 4.74 Å².